The lowest BCUT2D eigenvalue weighted by Crippen LogP contribution is -2.38. The molecule has 0 saturated heterocycles. The first-order chi connectivity index (χ1) is 10.0. The third-order valence-corrected chi connectivity index (χ3v) is 4.67. The minimum Gasteiger partial charge on any atom is -0.389 e. The Morgan fingerprint density at radius 2 is 1.86 bits per heavy atom. The van der Waals surface area contributed by atoms with E-state index in [2.05, 4.69) is 36.3 Å². The van der Waals surface area contributed by atoms with Crippen molar-refractivity contribution in [1.82, 2.24) is 10.2 Å². The standard InChI is InChI=1S/C16H26N4S/c1-4-11-12(5-2)19-20-15(13(11)14(17)21)18-16(3)9-7-6-8-10-16/h4-10H2,1-3H3,(H2,17,21)(H,18,20). The van der Waals surface area contributed by atoms with Crippen molar-refractivity contribution >= 4 is 23.0 Å². The summed E-state index contributed by atoms with van der Waals surface area (Å²) in [5.41, 5.74) is 9.10. The smallest absolute Gasteiger partial charge is 0.159 e. The van der Waals surface area contributed by atoms with Crippen molar-refractivity contribution in [3.8, 4) is 0 Å². The molecular weight excluding hydrogens is 280 g/mol. The summed E-state index contributed by atoms with van der Waals surface area (Å²) in [7, 11) is 0. The number of nitrogens with two attached hydrogens (primary N) is 1. The van der Waals surface area contributed by atoms with Crippen molar-refractivity contribution in [2.24, 2.45) is 5.73 Å². The van der Waals surface area contributed by atoms with E-state index in [-0.39, 0.29) is 5.54 Å². The van der Waals surface area contributed by atoms with Crippen LogP contribution in [0.1, 0.15) is 69.7 Å². The van der Waals surface area contributed by atoms with E-state index >= 15 is 0 Å². The average molecular weight is 306 g/mol. The highest BCUT2D eigenvalue weighted by molar-refractivity contribution is 7.80. The van der Waals surface area contributed by atoms with Crippen molar-refractivity contribution in [1.29, 1.82) is 0 Å². The van der Waals surface area contributed by atoms with Crippen LogP contribution in [-0.2, 0) is 12.8 Å². The first-order valence-corrected chi connectivity index (χ1v) is 8.38. The first kappa shape index (κ1) is 16.1. The molecule has 116 valence electrons. The van der Waals surface area contributed by atoms with Gasteiger partial charge in [0.2, 0.25) is 0 Å². The summed E-state index contributed by atoms with van der Waals surface area (Å²) >= 11 is 5.28. The van der Waals surface area contributed by atoms with Crippen LogP contribution in [0.25, 0.3) is 0 Å². The molecule has 0 amide bonds. The molecule has 1 aliphatic carbocycles. The molecular formula is C16H26N4S. The second kappa shape index (κ2) is 6.69. The molecule has 0 spiro atoms. The molecule has 0 radical (unpaired) electrons. The fourth-order valence-corrected chi connectivity index (χ4v) is 3.49. The largest absolute Gasteiger partial charge is 0.389 e. The molecule has 3 N–H and O–H groups in total. The fourth-order valence-electron chi connectivity index (χ4n) is 3.27. The number of rotatable bonds is 5. The molecule has 1 aromatic heterocycles. The second-order valence-corrected chi connectivity index (χ2v) is 6.61. The first-order valence-electron chi connectivity index (χ1n) is 7.97. The summed E-state index contributed by atoms with van der Waals surface area (Å²) in [6, 6.07) is 0. The van der Waals surface area contributed by atoms with Gasteiger partial charge in [-0.3, -0.25) is 0 Å². The third-order valence-electron chi connectivity index (χ3n) is 4.47. The lowest BCUT2D eigenvalue weighted by molar-refractivity contribution is 0.348. The van der Waals surface area contributed by atoms with E-state index < -0.39 is 0 Å². The molecule has 0 aromatic carbocycles. The quantitative estimate of drug-likeness (QED) is 0.817. The molecule has 0 atom stereocenters. The summed E-state index contributed by atoms with van der Waals surface area (Å²) in [6.07, 6.45) is 7.87. The number of nitrogens with zero attached hydrogens (tertiary/aromatic N) is 2. The van der Waals surface area contributed by atoms with Crippen molar-refractivity contribution in [3.63, 3.8) is 0 Å². The van der Waals surface area contributed by atoms with Crippen LogP contribution in [0.2, 0.25) is 0 Å². The van der Waals surface area contributed by atoms with Crippen LogP contribution in [0.4, 0.5) is 5.82 Å². The van der Waals surface area contributed by atoms with E-state index in [1.807, 2.05) is 0 Å². The number of thiocarbonyl (C=S) groups is 1. The predicted octanol–water partition coefficient (Wildman–Crippen LogP) is 3.37. The van der Waals surface area contributed by atoms with Gasteiger partial charge >= 0.3 is 0 Å². The van der Waals surface area contributed by atoms with Gasteiger partial charge in [0.1, 0.15) is 4.99 Å². The van der Waals surface area contributed by atoms with Crippen molar-refractivity contribution in [2.45, 2.75) is 71.3 Å². The Morgan fingerprint density at radius 3 is 2.38 bits per heavy atom. The van der Waals surface area contributed by atoms with Crippen LogP contribution in [0.5, 0.6) is 0 Å². The van der Waals surface area contributed by atoms with Gasteiger partial charge in [-0.2, -0.15) is 5.10 Å². The molecule has 4 nitrogen and oxygen atoms in total. The highest BCUT2D eigenvalue weighted by Gasteiger charge is 2.29. The topological polar surface area (TPSA) is 63.8 Å². The van der Waals surface area contributed by atoms with E-state index in [9.17, 15) is 0 Å². The Bertz CT molecular complexity index is 521. The van der Waals surface area contributed by atoms with E-state index in [0.717, 1.165) is 48.3 Å². The van der Waals surface area contributed by atoms with E-state index in [1.165, 1.54) is 19.3 Å². The van der Waals surface area contributed by atoms with Gasteiger partial charge in [-0.25, -0.2) is 0 Å². The van der Waals surface area contributed by atoms with E-state index in [0.29, 0.717) is 4.99 Å². The Labute approximate surface area is 132 Å². The molecule has 1 saturated carbocycles. The van der Waals surface area contributed by atoms with Crippen molar-refractivity contribution in [2.75, 3.05) is 5.32 Å². The third kappa shape index (κ3) is 3.51. The van der Waals surface area contributed by atoms with E-state index in [1.54, 1.807) is 0 Å². The SMILES string of the molecule is CCc1nnc(NC2(C)CCCCC2)c(C(N)=S)c1CC. The van der Waals surface area contributed by atoms with Crippen LogP contribution in [-0.4, -0.2) is 20.7 Å². The number of hydrogen-bond donors (Lipinski definition) is 2. The fraction of sp³-hybridized carbons (Fsp3) is 0.688. The summed E-state index contributed by atoms with van der Waals surface area (Å²) in [4.78, 5) is 0.415. The monoisotopic (exact) mass is 306 g/mol. The van der Waals surface area contributed by atoms with Crippen LogP contribution >= 0.6 is 12.2 Å². The average Bonchev–Trinajstić information content (AvgIpc) is 2.46. The van der Waals surface area contributed by atoms with Gasteiger partial charge in [0.25, 0.3) is 0 Å². The van der Waals surface area contributed by atoms with Gasteiger partial charge in [0.15, 0.2) is 5.82 Å². The molecule has 5 heteroatoms. The van der Waals surface area contributed by atoms with Gasteiger partial charge in [0, 0.05) is 5.54 Å². The zero-order valence-corrected chi connectivity index (χ0v) is 14.1. The Morgan fingerprint density at radius 1 is 1.19 bits per heavy atom. The normalized spacial score (nSPS) is 17.5. The lowest BCUT2D eigenvalue weighted by atomic mass is 9.83. The van der Waals surface area contributed by atoms with Crippen molar-refractivity contribution in [3.05, 3.63) is 16.8 Å². The maximum atomic E-state index is 5.99. The zero-order valence-electron chi connectivity index (χ0n) is 13.3. The van der Waals surface area contributed by atoms with Crippen LogP contribution in [0, 0.1) is 0 Å². The number of nitrogens with one attached hydrogen (secondary N) is 1. The molecule has 2 rings (SSSR count). The maximum Gasteiger partial charge on any atom is 0.159 e. The van der Waals surface area contributed by atoms with Crippen LogP contribution in [0.3, 0.4) is 0 Å². The molecule has 0 unspecified atom stereocenters. The van der Waals surface area contributed by atoms with Gasteiger partial charge in [0.05, 0.1) is 11.3 Å². The molecule has 1 heterocycles. The van der Waals surface area contributed by atoms with Crippen LogP contribution in [0.15, 0.2) is 0 Å². The lowest BCUT2D eigenvalue weighted by Gasteiger charge is -2.35. The summed E-state index contributed by atoms with van der Waals surface area (Å²) in [6.45, 7) is 6.46. The Kier molecular flexibility index (Phi) is 5.14. The molecule has 1 fully saturated rings. The number of aryl methyl sites for hydroxylation is 1. The number of aromatic nitrogens is 2. The van der Waals surface area contributed by atoms with Gasteiger partial charge in [-0.05, 0) is 38.2 Å². The molecule has 1 aromatic rings. The molecule has 0 bridgehead atoms. The van der Waals surface area contributed by atoms with Gasteiger partial charge in [-0.1, -0.05) is 45.3 Å². The molecule has 21 heavy (non-hydrogen) atoms. The number of anilines is 1. The molecule has 1 aliphatic rings. The highest BCUT2D eigenvalue weighted by atomic mass is 32.1. The second-order valence-electron chi connectivity index (χ2n) is 6.17. The Hall–Kier alpha value is -1.23. The van der Waals surface area contributed by atoms with Gasteiger partial charge in [-0.15, -0.1) is 5.10 Å². The number of hydrogen-bond acceptors (Lipinski definition) is 4. The van der Waals surface area contributed by atoms with E-state index in [4.69, 9.17) is 18.0 Å². The highest BCUT2D eigenvalue weighted by Crippen LogP contribution is 2.32. The van der Waals surface area contributed by atoms with Crippen molar-refractivity contribution < 1.29 is 0 Å². The summed E-state index contributed by atoms with van der Waals surface area (Å²) in [5, 5.41) is 12.4. The van der Waals surface area contributed by atoms with Gasteiger partial charge < -0.3 is 11.1 Å². The Balaban J connectivity index is 2.41. The minimum absolute atomic E-state index is 0.0746. The predicted molar refractivity (Wildman–Crippen MR) is 91.8 cm³/mol. The summed E-state index contributed by atoms with van der Waals surface area (Å²) < 4.78 is 0. The zero-order chi connectivity index (χ0) is 15.5. The molecule has 0 aliphatic heterocycles. The minimum atomic E-state index is 0.0746. The van der Waals surface area contributed by atoms with Crippen LogP contribution < -0.4 is 11.1 Å². The maximum absolute atomic E-state index is 5.99. The summed E-state index contributed by atoms with van der Waals surface area (Å²) in [5.74, 6) is 0.765.